The summed E-state index contributed by atoms with van der Waals surface area (Å²) in [5.74, 6) is -0.189. The Morgan fingerprint density at radius 3 is 2.77 bits per heavy atom. The summed E-state index contributed by atoms with van der Waals surface area (Å²) in [4.78, 5) is 24.0. The lowest BCUT2D eigenvalue weighted by atomic mass is 9.97. The predicted molar refractivity (Wildman–Crippen MR) is 121 cm³/mol. The van der Waals surface area contributed by atoms with Crippen molar-refractivity contribution >= 4 is 22.8 Å². The molecule has 3 aliphatic heterocycles. The Bertz CT molecular complexity index is 1070. The number of aromatic nitrogens is 1. The number of aryl methyl sites for hydroxylation is 1. The van der Waals surface area contributed by atoms with E-state index in [2.05, 4.69) is 26.2 Å². The predicted octanol–water partition coefficient (Wildman–Crippen LogP) is 1.52. The molecule has 3 aliphatic rings. The molecule has 1 aromatic carbocycles. The molecule has 3 N–H and O–H groups in total. The molecule has 2 fully saturated rings. The van der Waals surface area contributed by atoms with Gasteiger partial charge in [0.15, 0.2) is 0 Å². The summed E-state index contributed by atoms with van der Waals surface area (Å²) >= 11 is 0. The number of pyridine rings is 1. The molecule has 2 saturated heterocycles. The number of H-pyrrole nitrogens is 1. The molecule has 0 bridgehead atoms. The van der Waals surface area contributed by atoms with Crippen LogP contribution in [0.3, 0.4) is 0 Å². The molecule has 3 unspecified atom stereocenters. The van der Waals surface area contributed by atoms with Gasteiger partial charge in [0, 0.05) is 55.1 Å². The van der Waals surface area contributed by atoms with Crippen molar-refractivity contribution in [3.8, 4) is 0 Å². The van der Waals surface area contributed by atoms with E-state index in [0.29, 0.717) is 13.2 Å². The number of fused-ring (bicyclic) bond motifs is 1. The van der Waals surface area contributed by atoms with E-state index in [1.165, 1.54) is 6.42 Å². The molecule has 4 heterocycles. The summed E-state index contributed by atoms with van der Waals surface area (Å²) < 4.78 is 5.51. The Morgan fingerprint density at radius 2 is 2.03 bits per heavy atom. The van der Waals surface area contributed by atoms with Gasteiger partial charge in [-0.05, 0) is 43.2 Å². The number of morpholine rings is 1. The first-order chi connectivity index (χ1) is 15.1. The van der Waals surface area contributed by atoms with Crippen LogP contribution in [-0.2, 0) is 4.74 Å². The average Bonchev–Trinajstić information content (AvgIpc) is 2.73. The van der Waals surface area contributed by atoms with Crippen molar-refractivity contribution in [1.29, 1.82) is 0 Å². The highest BCUT2D eigenvalue weighted by Gasteiger charge is 2.35. The summed E-state index contributed by atoms with van der Waals surface area (Å²) in [6.45, 7) is 6.99. The molecule has 0 saturated carbocycles. The fourth-order valence-electron chi connectivity index (χ4n) is 4.55. The Hall–Kier alpha value is -2.68. The molecule has 31 heavy (non-hydrogen) atoms. The van der Waals surface area contributed by atoms with Crippen molar-refractivity contribution in [2.75, 3.05) is 44.7 Å². The van der Waals surface area contributed by atoms with E-state index in [9.17, 15) is 9.90 Å². The zero-order chi connectivity index (χ0) is 21.4. The van der Waals surface area contributed by atoms with Gasteiger partial charge in [-0.1, -0.05) is 0 Å². The van der Waals surface area contributed by atoms with E-state index in [-0.39, 0.29) is 17.6 Å². The number of aromatic amines is 1. The third-order valence-corrected chi connectivity index (χ3v) is 6.44. The molecule has 164 valence electrons. The van der Waals surface area contributed by atoms with Gasteiger partial charge in [-0.2, -0.15) is 0 Å². The fraction of sp³-hybridized carbons (Fsp3) is 0.478. The number of allylic oxidation sites excluding steroid dienone is 1. The second-order valence-electron chi connectivity index (χ2n) is 8.52. The van der Waals surface area contributed by atoms with Gasteiger partial charge in [-0.3, -0.25) is 14.7 Å². The minimum Gasteiger partial charge on any atom is -0.379 e. The smallest absolute Gasteiger partial charge is 0.248 e. The van der Waals surface area contributed by atoms with Crippen LogP contribution in [0.15, 0.2) is 45.8 Å². The first-order valence-electron chi connectivity index (χ1n) is 11.0. The number of hydrogen-bond donors (Lipinski definition) is 3. The maximum atomic E-state index is 11.7. The van der Waals surface area contributed by atoms with Crippen molar-refractivity contribution < 1.29 is 9.84 Å². The van der Waals surface area contributed by atoms with Crippen molar-refractivity contribution in [3.05, 3.63) is 52.0 Å². The molecule has 8 heteroatoms. The minimum atomic E-state index is -0.804. The summed E-state index contributed by atoms with van der Waals surface area (Å²) in [6, 6.07) is 7.32. The van der Waals surface area contributed by atoms with Crippen LogP contribution in [0.5, 0.6) is 0 Å². The Labute approximate surface area is 181 Å². The number of dihydropyridines is 1. The molecule has 0 amide bonds. The molecule has 0 aliphatic carbocycles. The number of anilines is 1. The zero-order valence-electron chi connectivity index (χ0n) is 17.8. The van der Waals surface area contributed by atoms with Crippen molar-refractivity contribution in [1.82, 2.24) is 14.8 Å². The largest absolute Gasteiger partial charge is 0.379 e. The second kappa shape index (κ2) is 8.45. The van der Waals surface area contributed by atoms with Gasteiger partial charge in [-0.15, -0.1) is 0 Å². The number of rotatable bonds is 5. The van der Waals surface area contributed by atoms with Crippen LogP contribution in [-0.4, -0.2) is 77.9 Å². The third kappa shape index (κ3) is 4.11. The first-order valence-corrected chi connectivity index (χ1v) is 11.0. The monoisotopic (exact) mass is 423 g/mol. The van der Waals surface area contributed by atoms with Crippen molar-refractivity contribution in [3.63, 3.8) is 0 Å². The summed E-state index contributed by atoms with van der Waals surface area (Å²) in [5, 5.41) is 15.5. The topological polar surface area (TPSA) is 93.2 Å². The van der Waals surface area contributed by atoms with E-state index >= 15 is 0 Å². The van der Waals surface area contributed by atoms with Gasteiger partial charge in [0.1, 0.15) is 12.4 Å². The summed E-state index contributed by atoms with van der Waals surface area (Å²) in [5.41, 5.74) is 3.49. The van der Waals surface area contributed by atoms with Crippen LogP contribution in [0.4, 0.5) is 5.69 Å². The molecular formula is C23H29N5O3. The van der Waals surface area contributed by atoms with E-state index in [4.69, 9.17) is 9.73 Å². The van der Waals surface area contributed by atoms with Gasteiger partial charge in [0.2, 0.25) is 5.56 Å². The van der Waals surface area contributed by atoms with Gasteiger partial charge >= 0.3 is 0 Å². The van der Waals surface area contributed by atoms with Crippen LogP contribution in [0.25, 0.3) is 10.9 Å². The number of likely N-dealkylation sites (tertiary alicyclic amines) is 1. The Morgan fingerprint density at radius 1 is 1.23 bits per heavy atom. The highest BCUT2D eigenvalue weighted by Crippen LogP contribution is 2.29. The molecule has 2 aromatic rings. The molecule has 1 aromatic heterocycles. The maximum Gasteiger partial charge on any atom is 0.248 e. The quantitative estimate of drug-likeness (QED) is 0.632. The summed E-state index contributed by atoms with van der Waals surface area (Å²) in [7, 11) is 0. The zero-order valence-corrected chi connectivity index (χ0v) is 17.8. The molecule has 0 spiro atoms. The van der Waals surface area contributed by atoms with Gasteiger partial charge in [0.25, 0.3) is 0 Å². The molecule has 5 rings (SSSR count). The van der Waals surface area contributed by atoms with E-state index < -0.39 is 6.23 Å². The van der Waals surface area contributed by atoms with E-state index in [0.717, 1.165) is 54.0 Å². The highest BCUT2D eigenvalue weighted by atomic mass is 16.5. The standard InChI is InChI=1S/C23H29N5O3/c1-15-11-21(29)26-20-4-3-16(12-18(15)20)25-23(30)19-13-17(27-5-2-6-27)14-24-22(19)28-7-9-31-10-8-28/h3-4,11-14,19,22-23,25,30H,2,5-10H2,1H3,(H,26,29). The molecule has 3 atom stereocenters. The number of nitrogens with zero attached hydrogens (tertiary/aromatic N) is 3. The normalized spacial score (nSPS) is 25.2. The van der Waals surface area contributed by atoms with Crippen molar-refractivity contribution in [2.24, 2.45) is 10.9 Å². The summed E-state index contributed by atoms with van der Waals surface area (Å²) in [6.07, 6.45) is 4.38. The Kier molecular flexibility index (Phi) is 5.52. The number of aliphatic hydroxyl groups excluding tert-OH is 1. The third-order valence-electron chi connectivity index (χ3n) is 6.44. The highest BCUT2D eigenvalue weighted by molar-refractivity contribution is 5.85. The van der Waals surface area contributed by atoms with Crippen LogP contribution in [0.2, 0.25) is 0 Å². The molecule has 0 radical (unpaired) electrons. The number of benzene rings is 1. The lowest BCUT2D eigenvalue weighted by molar-refractivity contribution is -0.00629. The van der Waals surface area contributed by atoms with E-state index in [1.807, 2.05) is 31.3 Å². The molecular weight excluding hydrogens is 394 g/mol. The minimum absolute atomic E-state index is 0.108. The van der Waals surface area contributed by atoms with Gasteiger partial charge < -0.3 is 25.0 Å². The average molecular weight is 424 g/mol. The number of aliphatic hydroxyl groups is 1. The number of ether oxygens (including phenoxy) is 1. The van der Waals surface area contributed by atoms with Gasteiger partial charge in [0.05, 0.1) is 24.8 Å². The number of nitrogens with one attached hydrogen (secondary N) is 2. The first kappa shape index (κ1) is 20.2. The number of aliphatic imine (C=N–C) groups is 1. The van der Waals surface area contributed by atoms with Crippen LogP contribution >= 0.6 is 0 Å². The number of hydrogen-bond acceptors (Lipinski definition) is 7. The van der Waals surface area contributed by atoms with Crippen LogP contribution in [0.1, 0.15) is 12.0 Å². The SMILES string of the molecule is Cc1cc(=O)[nH]c2ccc(NC(O)C3C=C(N4CCC4)C=NC3N3CCOCC3)cc12. The lowest BCUT2D eigenvalue weighted by Gasteiger charge is -2.42. The van der Waals surface area contributed by atoms with Gasteiger partial charge in [-0.25, -0.2) is 0 Å². The molecule has 8 nitrogen and oxygen atoms in total. The lowest BCUT2D eigenvalue weighted by Crippen LogP contribution is -2.51. The second-order valence-corrected chi connectivity index (χ2v) is 8.52. The fourth-order valence-corrected chi connectivity index (χ4v) is 4.55. The maximum absolute atomic E-state index is 11.7. The van der Waals surface area contributed by atoms with Crippen molar-refractivity contribution in [2.45, 2.75) is 25.7 Å². The van der Waals surface area contributed by atoms with E-state index in [1.54, 1.807) is 6.07 Å². The van der Waals surface area contributed by atoms with Crippen LogP contribution in [0, 0.1) is 12.8 Å². The van der Waals surface area contributed by atoms with Crippen LogP contribution < -0.4 is 10.9 Å². The Balaban J connectivity index is 1.40.